The molecule has 3 nitrogen and oxygen atoms in total. The van der Waals surface area contributed by atoms with E-state index in [9.17, 15) is 18.0 Å². The fraction of sp³-hybridized carbons (Fsp3) is 0.125. The largest absolute Gasteiger partial charge is 0.417 e. The smallest absolute Gasteiger partial charge is 0.306 e. The average molecular weight is 281 g/mol. The SMILES string of the molecule is O=c1[nH]c2cc(Br)c(C(F)(F)F)cc2[nH]1. The van der Waals surface area contributed by atoms with Crippen LogP contribution in [0.5, 0.6) is 0 Å². The molecule has 2 aromatic rings. The fourth-order valence-electron chi connectivity index (χ4n) is 1.27. The fourth-order valence-corrected chi connectivity index (χ4v) is 1.84. The molecule has 0 saturated carbocycles. The van der Waals surface area contributed by atoms with Gasteiger partial charge in [0.1, 0.15) is 0 Å². The van der Waals surface area contributed by atoms with Gasteiger partial charge in [-0.2, -0.15) is 13.2 Å². The highest BCUT2D eigenvalue weighted by molar-refractivity contribution is 9.10. The molecule has 80 valence electrons. The van der Waals surface area contributed by atoms with Crippen molar-refractivity contribution in [1.29, 1.82) is 0 Å². The normalized spacial score (nSPS) is 12.3. The topological polar surface area (TPSA) is 48.6 Å². The molecule has 0 spiro atoms. The van der Waals surface area contributed by atoms with Crippen LogP contribution in [0, 0.1) is 0 Å². The molecule has 2 rings (SSSR count). The number of halogens is 4. The van der Waals surface area contributed by atoms with Crippen molar-refractivity contribution >= 4 is 27.0 Å². The zero-order valence-electron chi connectivity index (χ0n) is 7.07. The van der Waals surface area contributed by atoms with Crippen molar-refractivity contribution < 1.29 is 13.2 Å². The van der Waals surface area contributed by atoms with Crippen molar-refractivity contribution in [1.82, 2.24) is 9.97 Å². The Bertz CT molecular complexity index is 569. The van der Waals surface area contributed by atoms with Gasteiger partial charge in [-0.15, -0.1) is 0 Å². The number of nitrogens with one attached hydrogen (secondary N) is 2. The first-order chi connectivity index (χ1) is 6.88. The molecular weight excluding hydrogens is 277 g/mol. The Morgan fingerprint density at radius 3 is 2.20 bits per heavy atom. The molecule has 0 unspecified atom stereocenters. The molecule has 0 amide bonds. The second-order valence-corrected chi connectivity index (χ2v) is 3.81. The maximum Gasteiger partial charge on any atom is 0.417 e. The molecule has 0 aliphatic heterocycles. The van der Waals surface area contributed by atoms with E-state index in [-0.39, 0.29) is 9.99 Å². The van der Waals surface area contributed by atoms with E-state index in [4.69, 9.17) is 0 Å². The Morgan fingerprint density at radius 1 is 1.13 bits per heavy atom. The number of aromatic amines is 2. The summed E-state index contributed by atoms with van der Waals surface area (Å²) in [4.78, 5) is 15.5. The Labute approximate surface area is 89.4 Å². The number of hydrogen-bond acceptors (Lipinski definition) is 1. The molecule has 15 heavy (non-hydrogen) atoms. The molecule has 7 heteroatoms. The summed E-state index contributed by atoms with van der Waals surface area (Å²) < 4.78 is 37.3. The van der Waals surface area contributed by atoms with E-state index < -0.39 is 17.4 Å². The lowest BCUT2D eigenvalue weighted by Crippen LogP contribution is -2.05. The van der Waals surface area contributed by atoms with Gasteiger partial charge >= 0.3 is 11.9 Å². The van der Waals surface area contributed by atoms with Crippen molar-refractivity contribution in [3.63, 3.8) is 0 Å². The maximum absolute atomic E-state index is 12.5. The summed E-state index contributed by atoms with van der Waals surface area (Å²) >= 11 is 2.81. The lowest BCUT2D eigenvalue weighted by atomic mass is 10.2. The first kappa shape index (κ1) is 10.3. The van der Waals surface area contributed by atoms with Gasteiger partial charge in [0.2, 0.25) is 0 Å². The summed E-state index contributed by atoms with van der Waals surface area (Å²) in [6, 6.07) is 2.10. The highest BCUT2D eigenvalue weighted by atomic mass is 79.9. The Kier molecular flexibility index (Phi) is 2.14. The second kappa shape index (κ2) is 3.13. The van der Waals surface area contributed by atoms with Gasteiger partial charge in [0.05, 0.1) is 16.6 Å². The molecule has 0 saturated heterocycles. The summed E-state index contributed by atoms with van der Waals surface area (Å²) in [5.41, 5.74) is -0.878. The molecule has 1 aromatic heterocycles. The number of fused-ring (bicyclic) bond motifs is 1. The van der Waals surface area contributed by atoms with E-state index in [0.29, 0.717) is 5.52 Å². The van der Waals surface area contributed by atoms with Gasteiger partial charge in [-0.25, -0.2) is 4.79 Å². The van der Waals surface area contributed by atoms with Crippen molar-refractivity contribution in [2.45, 2.75) is 6.18 Å². The van der Waals surface area contributed by atoms with Crippen LogP contribution in [0.1, 0.15) is 5.56 Å². The van der Waals surface area contributed by atoms with Gasteiger partial charge in [0, 0.05) is 4.47 Å². The van der Waals surface area contributed by atoms with Gasteiger partial charge in [-0.05, 0) is 12.1 Å². The Hall–Kier alpha value is -1.24. The number of imidazole rings is 1. The molecule has 2 N–H and O–H groups in total. The van der Waals surface area contributed by atoms with Crippen LogP contribution in [0.2, 0.25) is 0 Å². The number of H-pyrrole nitrogens is 2. The predicted octanol–water partition coefficient (Wildman–Crippen LogP) is 2.64. The third kappa shape index (κ3) is 1.79. The lowest BCUT2D eigenvalue weighted by molar-refractivity contribution is -0.138. The number of alkyl halides is 3. The van der Waals surface area contributed by atoms with E-state index in [0.717, 1.165) is 6.07 Å². The molecule has 0 bridgehead atoms. The van der Waals surface area contributed by atoms with E-state index >= 15 is 0 Å². The molecule has 0 fully saturated rings. The molecular formula is C8H4BrF3N2O. The van der Waals surface area contributed by atoms with Crippen LogP contribution in [0.4, 0.5) is 13.2 Å². The van der Waals surface area contributed by atoms with Crippen LogP contribution in [-0.2, 0) is 6.18 Å². The zero-order chi connectivity index (χ0) is 11.2. The van der Waals surface area contributed by atoms with Gasteiger partial charge in [-0.3, -0.25) is 0 Å². The highest BCUT2D eigenvalue weighted by Crippen LogP contribution is 2.36. The van der Waals surface area contributed by atoms with Crippen molar-refractivity contribution in [2.24, 2.45) is 0 Å². The van der Waals surface area contributed by atoms with Crippen LogP contribution < -0.4 is 5.69 Å². The summed E-state index contributed by atoms with van der Waals surface area (Å²) in [5, 5.41) is 0. The summed E-state index contributed by atoms with van der Waals surface area (Å²) in [6.45, 7) is 0. The zero-order valence-corrected chi connectivity index (χ0v) is 8.66. The highest BCUT2D eigenvalue weighted by Gasteiger charge is 2.33. The molecule has 0 atom stereocenters. The van der Waals surface area contributed by atoms with Crippen LogP contribution in [-0.4, -0.2) is 9.97 Å². The summed E-state index contributed by atoms with van der Waals surface area (Å²) in [6.07, 6.45) is -4.44. The standard InChI is InChI=1S/C8H4BrF3N2O/c9-4-2-6-5(13-7(15)14-6)1-3(4)8(10,11)12/h1-2H,(H2,13,14,15). The third-order valence-corrected chi connectivity index (χ3v) is 2.57. The van der Waals surface area contributed by atoms with E-state index in [1.54, 1.807) is 0 Å². The minimum atomic E-state index is -4.44. The minimum Gasteiger partial charge on any atom is -0.306 e. The first-order valence-electron chi connectivity index (χ1n) is 3.86. The monoisotopic (exact) mass is 280 g/mol. The second-order valence-electron chi connectivity index (χ2n) is 2.95. The number of rotatable bonds is 0. The van der Waals surface area contributed by atoms with E-state index in [1.165, 1.54) is 6.07 Å². The van der Waals surface area contributed by atoms with Crippen LogP contribution in [0.25, 0.3) is 11.0 Å². The van der Waals surface area contributed by atoms with Crippen LogP contribution in [0.15, 0.2) is 21.4 Å². The number of hydrogen-bond donors (Lipinski definition) is 2. The van der Waals surface area contributed by atoms with E-state index in [2.05, 4.69) is 25.9 Å². The van der Waals surface area contributed by atoms with Crippen molar-refractivity contribution in [3.8, 4) is 0 Å². The van der Waals surface area contributed by atoms with Gasteiger partial charge in [0.25, 0.3) is 0 Å². The summed E-state index contributed by atoms with van der Waals surface area (Å²) in [5.74, 6) is 0. The maximum atomic E-state index is 12.5. The average Bonchev–Trinajstić information content (AvgIpc) is 2.40. The quantitative estimate of drug-likeness (QED) is 0.766. The molecule has 1 aromatic carbocycles. The van der Waals surface area contributed by atoms with E-state index in [1.807, 2.05) is 0 Å². The summed E-state index contributed by atoms with van der Waals surface area (Å²) in [7, 11) is 0. The number of benzene rings is 1. The van der Waals surface area contributed by atoms with Crippen LogP contribution in [0.3, 0.4) is 0 Å². The third-order valence-electron chi connectivity index (χ3n) is 1.91. The molecule has 0 aliphatic carbocycles. The van der Waals surface area contributed by atoms with Crippen molar-refractivity contribution in [2.75, 3.05) is 0 Å². The predicted molar refractivity (Wildman–Crippen MR) is 51.6 cm³/mol. The van der Waals surface area contributed by atoms with Gasteiger partial charge in [0.15, 0.2) is 0 Å². The number of aromatic nitrogens is 2. The molecule has 0 radical (unpaired) electrons. The Morgan fingerprint density at radius 2 is 1.67 bits per heavy atom. The molecule has 1 heterocycles. The lowest BCUT2D eigenvalue weighted by Gasteiger charge is -2.08. The first-order valence-corrected chi connectivity index (χ1v) is 4.66. The van der Waals surface area contributed by atoms with Crippen molar-refractivity contribution in [3.05, 3.63) is 32.7 Å². The van der Waals surface area contributed by atoms with Gasteiger partial charge in [-0.1, -0.05) is 15.9 Å². The Balaban J connectivity index is 2.77. The van der Waals surface area contributed by atoms with Crippen LogP contribution >= 0.6 is 15.9 Å². The molecule has 0 aliphatic rings. The minimum absolute atomic E-state index is 0.0993. The van der Waals surface area contributed by atoms with Gasteiger partial charge < -0.3 is 9.97 Å².